The Bertz CT molecular complexity index is 857. The SMILES string of the molecule is COc1ccc(CCC(=O)Nc2ccc(CNC(=O)CC#N)cc2)cc1OC. The number of ether oxygens (including phenoxy) is 2. The first-order valence-corrected chi connectivity index (χ1v) is 8.79. The van der Waals surface area contributed by atoms with Crippen LogP contribution < -0.4 is 20.1 Å². The fourth-order valence-electron chi connectivity index (χ4n) is 2.56. The minimum atomic E-state index is -0.310. The first-order chi connectivity index (χ1) is 13.5. The van der Waals surface area contributed by atoms with E-state index < -0.39 is 0 Å². The van der Waals surface area contributed by atoms with E-state index in [9.17, 15) is 9.59 Å². The van der Waals surface area contributed by atoms with E-state index in [0.29, 0.717) is 36.6 Å². The van der Waals surface area contributed by atoms with Crippen LogP contribution in [0.25, 0.3) is 0 Å². The van der Waals surface area contributed by atoms with Crippen molar-refractivity contribution in [3.8, 4) is 17.6 Å². The molecule has 0 spiro atoms. The van der Waals surface area contributed by atoms with Crippen molar-refractivity contribution in [1.82, 2.24) is 5.32 Å². The normalized spacial score (nSPS) is 9.89. The van der Waals surface area contributed by atoms with Crippen LogP contribution in [0, 0.1) is 11.3 Å². The molecule has 0 aliphatic rings. The Morgan fingerprint density at radius 1 is 0.964 bits per heavy atom. The first-order valence-electron chi connectivity index (χ1n) is 8.79. The molecule has 2 aromatic carbocycles. The molecular formula is C21H23N3O4. The van der Waals surface area contributed by atoms with Crippen LogP contribution in [0.15, 0.2) is 42.5 Å². The molecule has 0 aromatic heterocycles. The van der Waals surface area contributed by atoms with Gasteiger partial charge in [0.2, 0.25) is 11.8 Å². The number of rotatable bonds is 9. The van der Waals surface area contributed by atoms with Gasteiger partial charge < -0.3 is 20.1 Å². The van der Waals surface area contributed by atoms with Gasteiger partial charge in [-0.15, -0.1) is 0 Å². The molecule has 0 radical (unpaired) electrons. The van der Waals surface area contributed by atoms with E-state index in [2.05, 4.69) is 10.6 Å². The van der Waals surface area contributed by atoms with Crippen LogP contribution in [0.5, 0.6) is 11.5 Å². The summed E-state index contributed by atoms with van der Waals surface area (Å²) >= 11 is 0. The minimum Gasteiger partial charge on any atom is -0.493 e. The predicted molar refractivity (Wildman–Crippen MR) is 105 cm³/mol. The molecule has 28 heavy (non-hydrogen) atoms. The molecule has 2 N–H and O–H groups in total. The fourth-order valence-corrected chi connectivity index (χ4v) is 2.56. The smallest absolute Gasteiger partial charge is 0.234 e. The molecule has 7 nitrogen and oxygen atoms in total. The molecule has 0 saturated carbocycles. The number of nitriles is 1. The van der Waals surface area contributed by atoms with Crippen LogP contribution in [-0.4, -0.2) is 26.0 Å². The molecule has 2 amide bonds. The zero-order valence-electron chi connectivity index (χ0n) is 16.0. The third-order valence-corrected chi connectivity index (χ3v) is 4.06. The van der Waals surface area contributed by atoms with Gasteiger partial charge in [0.1, 0.15) is 6.42 Å². The van der Waals surface area contributed by atoms with Gasteiger partial charge in [-0.05, 0) is 41.8 Å². The number of carbonyl (C=O) groups is 2. The van der Waals surface area contributed by atoms with Crippen LogP contribution in [0.1, 0.15) is 24.0 Å². The third kappa shape index (κ3) is 6.32. The summed E-state index contributed by atoms with van der Waals surface area (Å²) in [5, 5.41) is 14.0. The van der Waals surface area contributed by atoms with Crippen molar-refractivity contribution in [1.29, 1.82) is 5.26 Å². The highest BCUT2D eigenvalue weighted by atomic mass is 16.5. The molecule has 0 bridgehead atoms. The van der Waals surface area contributed by atoms with Crippen molar-refractivity contribution in [3.63, 3.8) is 0 Å². The van der Waals surface area contributed by atoms with Gasteiger partial charge in [0.15, 0.2) is 11.5 Å². The molecule has 2 aromatic rings. The number of hydrogen-bond donors (Lipinski definition) is 2. The number of benzene rings is 2. The molecular weight excluding hydrogens is 358 g/mol. The highest BCUT2D eigenvalue weighted by Crippen LogP contribution is 2.28. The van der Waals surface area contributed by atoms with Crippen molar-refractivity contribution >= 4 is 17.5 Å². The number of anilines is 1. The number of hydrogen-bond acceptors (Lipinski definition) is 5. The number of amides is 2. The maximum absolute atomic E-state index is 12.2. The average molecular weight is 381 g/mol. The zero-order chi connectivity index (χ0) is 20.4. The van der Waals surface area contributed by atoms with Crippen LogP contribution in [-0.2, 0) is 22.6 Å². The summed E-state index contributed by atoms with van der Waals surface area (Å²) in [6.45, 7) is 0.341. The molecule has 0 unspecified atom stereocenters. The van der Waals surface area contributed by atoms with Crippen molar-refractivity contribution in [2.24, 2.45) is 0 Å². The lowest BCUT2D eigenvalue weighted by Gasteiger charge is -2.10. The summed E-state index contributed by atoms with van der Waals surface area (Å²) in [6.07, 6.45) is 0.755. The van der Waals surface area contributed by atoms with Crippen LogP contribution in [0.4, 0.5) is 5.69 Å². The summed E-state index contributed by atoms with van der Waals surface area (Å²) in [6, 6.07) is 14.6. The second-order valence-electron chi connectivity index (χ2n) is 6.05. The van der Waals surface area contributed by atoms with Crippen molar-refractivity contribution in [2.45, 2.75) is 25.8 Å². The van der Waals surface area contributed by atoms with Crippen LogP contribution in [0.2, 0.25) is 0 Å². The van der Waals surface area contributed by atoms with Gasteiger partial charge in [0.25, 0.3) is 0 Å². The molecule has 7 heteroatoms. The Kier molecular flexibility index (Phi) is 7.85. The zero-order valence-corrected chi connectivity index (χ0v) is 16.0. The molecule has 146 valence electrons. The van der Waals surface area contributed by atoms with Gasteiger partial charge in [0, 0.05) is 18.7 Å². The number of aryl methyl sites for hydroxylation is 1. The Morgan fingerprint density at radius 2 is 1.64 bits per heavy atom. The lowest BCUT2D eigenvalue weighted by molar-refractivity contribution is -0.120. The second kappa shape index (κ2) is 10.6. The van der Waals surface area contributed by atoms with Gasteiger partial charge in [-0.1, -0.05) is 18.2 Å². The van der Waals surface area contributed by atoms with Gasteiger partial charge in [-0.25, -0.2) is 0 Å². The summed E-state index contributed by atoms with van der Waals surface area (Å²) in [7, 11) is 3.16. The third-order valence-electron chi connectivity index (χ3n) is 4.06. The number of nitrogens with zero attached hydrogens (tertiary/aromatic N) is 1. The molecule has 0 aliphatic carbocycles. The van der Waals surface area contributed by atoms with E-state index in [-0.39, 0.29) is 18.2 Å². The molecule has 2 rings (SSSR count). The topological polar surface area (TPSA) is 100 Å². The van der Waals surface area contributed by atoms with E-state index >= 15 is 0 Å². The minimum absolute atomic E-state index is 0.0927. The van der Waals surface area contributed by atoms with Crippen molar-refractivity contribution in [2.75, 3.05) is 19.5 Å². The van der Waals surface area contributed by atoms with E-state index in [1.54, 1.807) is 32.4 Å². The molecule has 0 atom stereocenters. The van der Waals surface area contributed by atoms with Gasteiger partial charge >= 0.3 is 0 Å². The fraction of sp³-hybridized carbons (Fsp3) is 0.286. The van der Waals surface area contributed by atoms with Crippen molar-refractivity contribution in [3.05, 3.63) is 53.6 Å². The van der Waals surface area contributed by atoms with Crippen LogP contribution >= 0.6 is 0 Å². The molecule has 0 saturated heterocycles. The second-order valence-corrected chi connectivity index (χ2v) is 6.05. The Morgan fingerprint density at radius 3 is 2.29 bits per heavy atom. The van der Waals surface area contributed by atoms with E-state index in [1.165, 1.54) is 0 Å². The first kappa shape index (κ1) is 20.8. The quantitative estimate of drug-likeness (QED) is 0.696. The Labute approximate surface area is 164 Å². The Hall–Kier alpha value is -3.53. The number of methoxy groups -OCH3 is 2. The molecule has 0 fully saturated rings. The average Bonchev–Trinajstić information content (AvgIpc) is 2.71. The lowest BCUT2D eigenvalue weighted by Crippen LogP contribution is -2.21. The highest BCUT2D eigenvalue weighted by Gasteiger charge is 2.08. The van der Waals surface area contributed by atoms with Gasteiger partial charge in [-0.2, -0.15) is 5.26 Å². The summed E-state index contributed by atoms with van der Waals surface area (Å²) < 4.78 is 10.5. The number of nitrogens with one attached hydrogen (secondary N) is 2. The van der Waals surface area contributed by atoms with E-state index in [4.69, 9.17) is 14.7 Å². The lowest BCUT2D eigenvalue weighted by atomic mass is 10.1. The molecule has 0 heterocycles. The summed E-state index contributed by atoms with van der Waals surface area (Å²) in [5.74, 6) is 0.886. The summed E-state index contributed by atoms with van der Waals surface area (Å²) in [4.78, 5) is 23.5. The van der Waals surface area contributed by atoms with Crippen LogP contribution in [0.3, 0.4) is 0 Å². The molecule has 0 aliphatic heterocycles. The summed E-state index contributed by atoms with van der Waals surface area (Å²) in [5.41, 5.74) is 2.55. The monoisotopic (exact) mass is 381 g/mol. The Balaban J connectivity index is 1.83. The van der Waals surface area contributed by atoms with Crippen molar-refractivity contribution < 1.29 is 19.1 Å². The van der Waals surface area contributed by atoms with E-state index in [1.807, 2.05) is 30.3 Å². The maximum Gasteiger partial charge on any atom is 0.234 e. The standard InChI is InChI=1S/C21H23N3O4/c1-27-18-9-5-15(13-19(18)28-2)6-10-21(26)24-17-7-3-16(4-8-17)14-23-20(25)11-12-22/h3-5,7-9,13H,6,10-11,14H2,1-2H3,(H,23,25)(H,24,26). The van der Waals surface area contributed by atoms with E-state index in [0.717, 1.165) is 11.1 Å². The largest absolute Gasteiger partial charge is 0.493 e. The number of carbonyl (C=O) groups excluding carboxylic acids is 2. The predicted octanol–water partition coefficient (Wildman–Crippen LogP) is 2.80. The van der Waals surface area contributed by atoms with Gasteiger partial charge in [-0.3, -0.25) is 9.59 Å². The maximum atomic E-state index is 12.2. The highest BCUT2D eigenvalue weighted by molar-refractivity contribution is 5.90. The van der Waals surface area contributed by atoms with Gasteiger partial charge in [0.05, 0.1) is 20.3 Å².